The Morgan fingerprint density at radius 1 is 1.05 bits per heavy atom. The van der Waals surface area contributed by atoms with Crippen molar-refractivity contribution >= 4 is 0 Å². The van der Waals surface area contributed by atoms with Crippen molar-refractivity contribution < 1.29 is 0 Å². The van der Waals surface area contributed by atoms with Gasteiger partial charge in [0.1, 0.15) is 0 Å². The van der Waals surface area contributed by atoms with Crippen LogP contribution in [0.25, 0.3) is 0 Å². The number of nitrogens with one attached hydrogen (secondary N) is 2. The van der Waals surface area contributed by atoms with Crippen LogP contribution in [-0.4, -0.2) is 19.6 Å². The lowest BCUT2D eigenvalue weighted by molar-refractivity contribution is -0.0734. The molecule has 5 rings (SSSR count). The number of benzene rings is 1. The van der Waals surface area contributed by atoms with Crippen LogP contribution >= 0.6 is 0 Å². The highest BCUT2D eigenvalue weighted by atomic mass is 14.9. The maximum atomic E-state index is 3.77. The van der Waals surface area contributed by atoms with E-state index >= 15 is 0 Å². The summed E-state index contributed by atoms with van der Waals surface area (Å²) < 4.78 is 0. The number of hydrogen-bond donors (Lipinski definition) is 2. The van der Waals surface area contributed by atoms with Crippen molar-refractivity contribution in [3.63, 3.8) is 0 Å². The average molecular weight is 284 g/mol. The lowest BCUT2D eigenvalue weighted by atomic mass is 9.48. The Morgan fingerprint density at radius 3 is 2.43 bits per heavy atom. The molecule has 4 fully saturated rings. The molecule has 0 saturated heterocycles. The largest absolute Gasteiger partial charge is 0.316 e. The Morgan fingerprint density at radius 2 is 1.76 bits per heavy atom. The molecule has 0 amide bonds. The fraction of sp³-hybridized carbons (Fsp3) is 0.684. The van der Waals surface area contributed by atoms with E-state index in [4.69, 9.17) is 0 Å². The van der Waals surface area contributed by atoms with Crippen LogP contribution < -0.4 is 10.6 Å². The topological polar surface area (TPSA) is 24.1 Å². The van der Waals surface area contributed by atoms with E-state index < -0.39 is 0 Å². The van der Waals surface area contributed by atoms with Gasteiger partial charge in [0.15, 0.2) is 0 Å². The molecule has 4 aliphatic rings. The van der Waals surface area contributed by atoms with Crippen molar-refractivity contribution in [3.8, 4) is 0 Å². The molecule has 1 aromatic rings. The van der Waals surface area contributed by atoms with Gasteiger partial charge in [0.25, 0.3) is 0 Å². The van der Waals surface area contributed by atoms with Gasteiger partial charge in [0, 0.05) is 19.1 Å². The van der Waals surface area contributed by atoms with Crippen LogP contribution in [0.1, 0.15) is 37.7 Å². The maximum Gasteiger partial charge on any atom is 0.0205 e. The molecule has 4 saturated carbocycles. The first-order valence-corrected chi connectivity index (χ1v) is 8.70. The first-order valence-electron chi connectivity index (χ1n) is 8.70. The van der Waals surface area contributed by atoms with Crippen LogP contribution in [0.2, 0.25) is 0 Å². The van der Waals surface area contributed by atoms with E-state index in [0.29, 0.717) is 5.41 Å². The second-order valence-corrected chi connectivity index (χ2v) is 7.87. The molecular formula is C19H28N2. The second-order valence-electron chi connectivity index (χ2n) is 7.87. The fourth-order valence-electron chi connectivity index (χ4n) is 5.95. The van der Waals surface area contributed by atoms with Crippen LogP contribution in [-0.2, 0) is 6.54 Å². The summed E-state index contributed by atoms with van der Waals surface area (Å²) in [5.41, 5.74) is 2.02. The summed E-state index contributed by atoms with van der Waals surface area (Å²) in [4.78, 5) is 0. The van der Waals surface area contributed by atoms with Gasteiger partial charge in [-0.1, -0.05) is 30.3 Å². The monoisotopic (exact) mass is 284 g/mol. The molecule has 2 unspecified atom stereocenters. The van der Waals surface area contributed by atoms with Crippen LogP contribution in [0.5, 0.6) is 0 Å². The molecule has 114 valence electrons. The van der Waals surface area contributed by atoms with Gasteiger partial charge >= 0.3 is 0 Å². The number of hydrogen-bond acceptors (Lipinski definition) is 2. The predicted octanol–water partition coefficient (Wildman–Crippen LogP) is 3.19. The van der Waals surface area contributed by atoms with Crippen LogP contribution in [0.4, 0.5) is 0 Å². The van der Waals surface area contributed by atoms with Crippen molar-refractivity contribution in [1.82, 2.24) is 10.6 Å². The van der Waals surface area contributed by atoms with Crippen LogP contribution in [0.3, 0.4) is 0 Å². The van der Waals surface area contributed by atoms with E-state index in [1.54, 1.807) is 0 Å². The molecule has 2 heteroatoms. The molecule has 2 atom stereocenters. The molecule has 21 heavy (non-hydrogen) atoms. The molecule has 4 aliphatic carbocycles. The summed E-state index contributed by atoms with van der Waals surface area (Å²) in [7, 11) is 2.17. The van der Waals surface area contributed by atoms with E-state index in [0.717, 1.165) is 30.3 Å². The molecule has 4 bridgehead atoms. The van der Waals surface area contributed by atoms with Crippen LogP contribution in [0.15, 0.2) is 30.3 Å². The quantitative estimate of drug-likeness (QED) is 0.868. The summed E-state index contributed by atoms with van der Waals surface area (Å²) in [6.45, 7) is 2.25. The van der Waals surface area contributed by atoms with Gasteiger partial charge in [0.2, 0.25) is 0 Å². The van der Waals surface area contributed by atoms with Gasteiger partial charge in [0.05, 0.1) is 0 Å². The lowest BCUT2D eigenvalue weighted by Crippen LogP contribution is -2.59. The van der Waals surface area contributed by atoms with Gasteiger partial charge in [-0.2, -0.15) is 0 Å². The highest BCUT2D eigenvalue weighted by molar-refractivity contribution is 5.14. The highest BCUT2D eigenvalue weighted by Gasteiger charge is 2.54. The molecule has 0 radical (unpaired) electrons. The van der Waals surface area contributed by atoms with Crippen molar-refractivity contribution in [2.75, 3.05) is 13.6 Å². The SMILES string of the molecule is CNC1C2CC3CC1CC(CNCc1ccccc1)(C3)C2. The molecule has 2 N–H and O–H groups in total. The lowest BCUT2D eigenvalue weighted by Gasteiger charge is -2.60. The second kappa shape index (κ2) is 5.40. The van der Waals surface area contributed by atoms with Crippen molar-refractivity contribution in [1.29, 1.82) is 0 Å². The molecule has 1 aromatic carbocycles. The minimum absolute atomic E-state index is 0.610. The van der Waals surface area contributed by atoms with E-state index in [9.17, 15) is 0 Å². The number of rotatable bonds is 5. The Hall–Kier alpha value is -0.860. The Kier molecular flexibility index (Phi) is 3.55. The Labute approximate surface area is 128 Å². The fourth-order valence-corrected chi connectivity index (χ4v) is 5.95. The van der Waals surface area contributed by atoms with Gasteiger partial charge in [-0.3, -0.25) is 0 Å². The van der Waals surface area contributed by atoms with Crippen molar-refractivity contribution in [2.24, 2.45) is 23.2 Å². The minimum Gasteiger partial charge on any atom is -0.316 e. The molecular weight excluding hydrogens is 256 g/mol. The molecule has 0 spiro atoms. The Balaban J connectivity index is 1.39. The third-order valence-electron chi connectivity index (χ3n) is 6.41. The van der Waals surface area contributed by atoms with Crippen molar-refractivity contribution in [2.45, 2.75) is 44.7 Å². The Bertz CT molecular complexity index is 468. The first-order chi connectivity index (χ1) is 10.3. The van der Waals surface area contributed by atoms with Crippen LogP contribution in [0, 0.1) is 23.2 Å². The average Bonchev–Trinajstić information content (AvgIpc) is 2.47. The molecule has 0 heterocycles. The first kappa shape index (κ1) is 13.8. The zero-order valence-corrected chi connectivity index (χ0v) is 13.1. The zero-order valence-electron chi connectivity index (χ0n) is 13.1. The summed E-state index contributed by atoms with van der Waals surface area (Å²) >= 11 is 0. The van der Waals surface area contributed by atoms with E-state index in [1.165, 1.54) is 44.2 Å². The minimum atomic E-state index is 0.610. The maximum absolute atomic E-state index is 3.77. The van der Waals surface area contributed by atoms with E-state index in [1.807, 2.05) is 0 Å². The normalized spacial score (nSPS) is 40.6. The zero-order chi connectivity index (χ0) is 14.3. The van der Waals surface area contributed by atoms with E-state index in [-0.39, 0.29) is 0 Å². The molecule has 0 aliphatic heterocycles. The smallest absolute Gasteiger partial charge is 0.0205 e. The summed E-state index contributed by atoms with van der Waals surface area (Å²) in [5, 5.41) is 7.40. The van der Waals surface area contributed by atoms with Gasteiger partial charge in [-0.15, -0.1) is 0 Å². The van der Waals surface area contributed by atoms with E-state index in [2.05, 4.69) is 48.0 Å². The van der Waals surface area contributed by atoms with Gasteiger partial charge in [-0.25, -0.2) is 0 Å². The third-order valence-corrected chi connectivity index (χ3v) is 6.41. The molecule has 0 aromatic heterocycles. The standard InChI is InChI=1S/C19H28N2/c1-20-18-16-7-15-8-17(18)11-19(9-15,10-16)13-21-12-14-5-3-2-4-6-14/h2-6,15-18,20-21H,7-13H2,1H3. The van der Waals surface area contributed by atoms with Gasteiger partial charge < -0.3 is 10.6 Å². The molecule has 2 nitrogen and oxygen atoms in total. The third kappa shape index (κ3) is 2.53. The summed E-state index contributed by atoms with van der Waals surface area (Å²) in [6.07, 6.45) is 7.36. The highest BCUT2D eigenvalue weighted by Crippen LogP contribution is 2.59. The summed E-state index contributed by atoms with van der Waals surface area (Å²) in [6, 6.07) is 11.6. The summed E-state index contributed by atoms with van der Waals surface area (Å²) in [5.74, 6) is 2.91. The van der Waals surface area contributed by atoms with Gasteiger partial charge in [-0.05, 0) is 67.9 Å². The van der Waals surface area contributed by atoms with Crippen molar-refractivity contribution in [3.05, 3.63) is 35.9 Å². The predicted molar refractivity (Wildman–Crippen MR) is 87.0 cm³/mol.